The zero-order valence-corrected chi connectivity index (χ0v) is 9.22. The molecular formula is C14H11NO2. The monoisotopic (exact) mass is 225 g/mol. The number of carbonyl (C=O) groups is 2. The molecule has 3 nitrogen and oxygen atoms in total. The summed E-state index contributed by atoms with van der Waals surface area (Å²) in [5.41, 5.74) is 2.77. The number of nitrogens with zero attached hydrogens (tertiary/aromatic N) is 1. The van der Waals surface area contributed by atoms with Gasteiger partial charge < -0.3 is 4.57 Å². The summed E-state index contributed by atoms with van der Waals surface area (Å²) in [5.74, 6) is -0.0507. The Hall–Kier alpha value is -2.16. The largest absolute Gasteiger partial charge is 0.344 e. The second-order valence-corrected chi connectivity index (χ2v) is 4.17. The van der Waals surface area contributed by atoms with Crippen LogP contribution in [-0.4, -0.2) is 16.6 Å². The average molecular weight is 225 g/mol. The van der Waals surface area contributed by atoms with E-state index in [-0.39, 0.29) is 5.78 Å². The maximum atomic E-state index is 12.4. The molecule has 1 aromatic carbocycles. The predicted octanol–water partition coefficient (Wildman–Crippen LogP) is 2.09. The summed E-state index contributed by atoms with van der Waals surface area (Å²) in [6.07, 6.45) is 3.38. The van der Waals surface area contributed by atoms with Gasteiger partial charge in [-0.15, -0.1) is 0 Å². The number of fused-ring (bicyclic) bond motifs is 2. The lowest BCUT2D eigenvalue weighted by Gasteiger charge is -2.03. The van der Waals surface area contributed by atoms with Crippen LogP contribution in [0.25, 0.3) is 0 Å². The van der Waals surface area contributed by atoms with Crippen LogP contribution in [0.2, 0.25) is 0 Å². The van der Waals surface area contributed by atoms with E-state index in [1.54, 1.807) is 6.07 Å². The van der Waals surface area contributed by atoms with Gasteiger partial charge in [-0.25, -0.2) is 0 Å². The molecule has 1 aliphatic heterocycles. The van der Waals surface area contributed by atoms with Crippen molar-refractivity contribution >= 4 is 12.1 Å². The third kappa shape index (κ3) is 1.43. The molecule has 17 heavy (non-hydrogen) atoms. The molecule has 0 atom stereocenters. The van der Waals surface area contributed by atoms with E-state index in [2.05, 4.69) is 0 Å². The van der Waals surface area contributed by atoms with Crippen molar-refractivity contribution in [3.8, 4) is 0 Å². The van der Waals surface area contributed by atoms with Crippen molar-refractivity contribution in [2.45, 2.75) is 13.0 Å². The maximum Gasteiger partial charge on any atom is 0.210 e. The van der Waals surface area contributed by atoms with Crippen molar-refractivity contribution in [3.05, 3.63) is 58.9 Å². The molecular weight excluding hydrogens is 214 g/mol. The van der Waals surface area contributed by atoms with E-state index in [0.717, 1.165) is 24.8 Å². The third-order valence-electron chi connectivity index (χ3n) is 3.22. The van der Waals surface area contributed by atoms with Gasteiger partial charge in [0, 0.05) is 23.9 Å². The lowest BCUT2D eigenvalue weighted by Crippen LogP contribution is -2.09. The molecule has 0 saturated carbocycles. The van der Waals surface area contributed by atoms with Crippen LogP contribution < -0.4 is 0 Å². The van der Waals surface area contributed by atoms with E-state index in [0.29, 0.717) is 16.8 Å². The number of aryl methyl sites for hydroxylation is 2. The topological polar surface area (TPSA) is 39.1 Å². The molecule has 0 saturated heterocycles. The fourth-order valence-electron chi connectivity index (χ4n) is 2.36. The summed E-state index contributed by atoms with van der Waals surface area (Å²) in [4.78, 5) is 23.3. The van der Waals surface area contributed by atoms with Crippen LogP contribution >= 0.6 is 0 Å². The lowest BCUT2D eigenvalue weighted by molar-refractivity contribution is 0.102. The molecule has 2 heterocycles. The Labute approximate surface area is 98.7 Å². The molecule has 84 valence electrons. The Morgan fingerprint density at radius 3 is 2.82 bits per heavy atom. The van der Waals surface area contributed by atoms with Gasteiger partial charge in [0.25, 0.3) is 0 Å². The molecule has 0 unspecified atom stereocenters. The first-order chi connectivity index (χ1) is 8.31. The van der Waals surface area contributed by atoms with Crippen LogP contribution in [0.3, 0.4) is 0 Å². The van der Waals surface area contributed by atoms with E-state index in [4.69, 9.17) is 0 Å². The molecule has 0 amide bonds. The summed E-state index contributed by atoms with van der Waals surface area (Å²) in [7, 11) is 0. The van der Waals surface area contributed by atoms with Crippen molar-refractivity contribution in [1.82, 2.24) is 4.57 Å². The van der Waals surface area contributed by atoms with Gasteiger partial charge in [-0.1, -0.05) is 24.3 Å². The predicted molar refractivity (Wildman–Crippen MR) is 63.4 cm³/mol. The highest BCUT2D eigenvalue weighted by Crippen LogP contribution is 2.22. The number of hydrogen-bond donors (Lipinski definition) is 0. The molecule has 3 rings (SSSR count). The summed E-state index contributed by atoms with van der Waals surface area (Å²) >= 11 is 0. The highest BCUT2D eigenvalue weighted by atomic mass is 16.1. The number of hydrogen-bond acceptors (Lipinski definition) is 2. The molecule has 1 aromatic heterocycles. The Balaban J connectivity index is 2.24. The van der Waals surface area contributed by atoms with Crippen LogP contribution in [0.15, 0.2) is 36.5 Å². The minimum atomic E-state index is -0.0507. The molecule has 0 bridgehead atoms. The van der Waals surface area contributed by atoms with Crippen LogP contribution in [-0.2, 0) is 13.0 Å². The first-order valence-corrected chi connectivity index (χ1v) is 5.58. The Morgan fingerprint density at radius 1 is 1.18 bits per heavy atom. The quantitative estimate of drug-likeness (QED) is 0.697. The summed E-state index contributed by atoms with van der Waals surface area (Å²) in [5, 5.41) is 0. The van der Waals surface area contributed by atoms with Gasteiger partial charge in [-0.2, -0.15) is 0 Å². The molecule has 0 radical (unpaired) electrons. The molecule has 0 aliphatic carbocycles. The maximum absolute atomic E-state index is 12.4. The summed E-state index contributed by atoms with van der Waals surface area (Å²) in [6.45, 7) is 0.742. The van der Waals surface area contributed by atoms with Crippen LogP contribution in [0.1, 0.15) is 32.0 Å². The number of benzene rings is 1. The summed E-state index contributed by atoms with van der Waals surface area (Å²) < 4.78 is 1.87. The van der Waals surface area contributed by atoms with Crippen molar-refractivity contribution in [2.75, 3.05) is 0 Å². The fraction of sp³-hybridized carbons (Fsp3) is 0.143. The Morgan fingerprint density at radius 2 is 2.00 bits per heavy atom. The molecule has 1 aliphatic rings. The highest BCUT2D eigenvalue weighted by molar-refractivity contribution is 6.12. The van der Waals surface area contributed by atoms with Crippen LogP contribution in [0, 0.1) is 0 Å². The average Bonchev–Trinajstić information content (AvgIpc) is 2.73. The third-order valence-corrected chi connectivity index (χ3v) is 3.22. The standard InChI is InChI=1S/C14H11NO2/c16-9-11-6-8-15-7-5-10-3-1-2-4-12(10)14(17)13(11)15/h1-4,6,8-9H,5,7H2. The Kier molecular flexibility index (Phi) is 2.18. The van der Waals surface area contributed by atoms with Crippen LogP contribution in [0.4, 0.5) is 0 Å². The van der Waals surface area contributed by atoms with Gasteiger partial charge in [0.1, 0.15) is 5.69 Å². The molecule has 0 fully saturated rings. The second-order valence-electron chi connectivity index (χ2n) is 4.17. The SMILES string of the molecule is O=Cc1ccn2c1C(=O)c1ccccc1CC2. The first-order valence-electron chi connectivity index (χ1n) is 5.58. The minimum Gasteiger partial charge on any atom is -0.344 e. The first kappa shape index (κ1) is 10.0. The van der Waals surface area contributed by atoms with Gasteiger partial charge >= 0.3 is 0 Å². The van der Waals surface area contributed by atoms with Crippen LogP contribution in [0.5, 0.6) is 0 Å². The van der Waals surface area contributed by atoms with Crippen molar-refractivity contribution in [2.24, 2.45) is 0 Å². The lowest BCUT2D eigenvalue weighted by atomic mass is 10.00. The van der Waals surface area contributed by atoms with Crippen molar-refractivity contribution in [3.63, 3.8) is 0 Å². The zero-order chi connectivity index (χ0) is 11.8. The molecule has 3 heteroatoms. The Bertz CT molecular complexity index is 610. The molecule has 2 aromatic rings. The van der Waals surface area contributed by atoms with Gasteiger partial charge in [0.15, 0.2) is 6.29 Å². The van der Waals surface area contributed by atoms with Gasteiger partial charge in [-0.3, -0.25) is 9.59 Å². The van der Waals surface area contributed by atoms with Gasteiger partial charge in [0.2, 0.25) is 5.78 Å². The molecule has 0 N–H and O–H groups in total. The number of ketones is 1. The minimum absolute atomic E-state index is 0.0507. The van der Waals surface area contributed by atoms with E-state index >= 15 is 0 Å². The molecule has 0 spiro atoms. The van der Waals surface area contributed by atoms with E-state index in [9.17, 15) is 9.59 Å². The van der Waals surface area contributed by atoms with Crippen molar-refractivity contribution < 1.29 is 9.59 Å². The summed E-state index contributed by atoms with van der Waals surface area (Å²) in [6, 6.07) is 9.30. The fourth-order valence-corrected chi connectivity index (χ4v) is 2.36. The number of aldehydes is 1. The van der Waals surface area contributed by atoms with E-state index in [1.807, 2.05) is 35.0 Å². The number of rotatable bonds is 1. The number of carbonyl (C=O) groups excluding carboxylic acids is 2. The second kappa shape index (κ2) is 3.70. The zero-order valence-electron chi connectivity index (χ0n) is 9.22. The van der Waals surface area contributed by atoms with E-state index in [1.165, 1.54) is 0 Å². The number of aromatic nitrogens is 1. The van der Waals surface area contributed by atoms with Gasteiger partial charge in [0.05, 0.1) is 0 Å². The van der Waals surface area contributed by atoms with E-state index < -0.39 is 0 Å². The smallest absolute Gasteiger partial charge is 0.210 e. The highest BCUT2D eigenvalue weighted by Gasteiger charge is 2.23. The normalized spacial score (nSPS) is 13.8. The van der Waals surface area contributed by atoms with Crippen molar-refractivity contribution in [1.29, 1.82) is 0 Å². The van der Waals surface area contributed by atoms with Gasteiger partial charge in [-0.05, 0) is 18.1 Å².